The molecule has 0 radical (unpaired) electrons. The minimum absolute atomic E-state index is 0.210. The van der Waals surface area contributed by atoms with Crippen molar-refractivity contribution in [3.8, 4) is 0 Å². The Labute approximate surface area is 270 Å². The van der Waals surface area contributed by atoms with E-state index in [1.807, 2.05) is 0 Å². The van der Waals surface area contributed by atoms with Crippen molar-refractivity contribution in [3.05, 3.63) is 36.5 Å². The van der Waals surface area contributed by atoms with Crippen molar-refractivity contribution in [2.24, 2.45) is 0 Å². The van der Waals surface area contributed by atoms with Gasteiger partial charge in [-0.1, -0.05) is 95.2 Å². The van der Waals surface area contributed by atoms with Gasteiger partial charge >= 0.3 is 11.9 Å². The molecule has 0 bridgehead atoms. The van der Waals surface area contributed by atoms with Gasteiger partial charge in [0, 0.05) is 12.8 Å². The van der Waals surface area contributed by atoms with Gasteiger partial charge in [-0.15, -0.1) is 0 Å². The van der Waals surface area contributed by atoms with Gasteiger partial charge in [-0.3, -0.25) is 9.59 Å². The second kappa shape index (κ2) is 27.1. The number of esters is 2. The summed E-state index contributed by atoms with van der Waals surface area (Å²) < 4.78 is 21.8. The molecule has 0 saturated carbocycles. The van der Waals surface area contributed by atoms with Crippen molar-refractivity contribution in [1.29, 1.82) is 0 Å². The molecule has 0 aromatic carbocycles. The molecule has 0 aliphatic carbocycles. The summed E-state index contributed by atoms with van der Waals surface area (Å²) in [6, 6.07) is 0. The Hall–Kier alpha value is -2.08. The monoisotopic (exact) mass is 640 g/mol. The van der Waals surface area contributed by atoms with E-state index in [0.29, 0.717) is 6.42 Å². The van der Waals surface area contributed by atoms with Gasteiger partial charge < -0.3 is 39.4 Å². The number of hydrogen-bond donors (Lipinski definition) is 4. The zero-order valence-electron chi connectivity index (χ0n) is 27.6. The van der Waals surface area contributed by atoms with E-state index in [-0.39, 0.29) is 26.1 Å². The fourth-order valence-corrected chi connectivity index (χ4v) is 4.79. The summed E-state index contributed by atoms with van der Waals surface area (Å²) in [5.41, 5.74) is 0. The highest BCUT2D eigenvalue weighted by Gasteiger charge is 2.44. The first-order chi connectivity index (χ1) is 21.8. The summed E-state index contributed by atoms with van der Waals surface area (Å²) in [4.78, 5) is 24.8. The van der Waals surface area contributed by atoms with Crippen molar-refractivity contribution in [2.75, 3.05) is 19.8 Å². The molecule has 0 amide bonds. The zero-order chi connectivity index (χ0) is 33.1. The molecular formula is C35H60O10. The van der Waals surface area contributed by atoms with Crippen LogP contribution in [0.2, 0.25) is 0 Å². The maximum atomic E-state index is 12.6. The molecular weight excluding hydrogens is 580 g/mol. The Morgan fingerprint density at radius 3 is 1.98 bits per heavy atom. The smallest absolute Gasteiger partial charge is 0.306 e. The number of unbranched alkanes of at least 4 members (excludes halogenated alkanes) is 9. The van der Waals surface area contributed by atoms with E-state index in [2.05, 4.69) is 50.3 Å². The largest absolute Gasteiger partial charge is 0.462 e. The van der Waals surface area contributed by atoms with Crippen LogP contribution in [0.3, 0.4) is 0 Å². The molecule has 4 N–H and O–H groups in total. The molecule has 260 valence electrons. The molecule has 1 rings (SSSR count). The van der Waals surface area contributed by atoms with Crippen LogP contribution in [0.15, 0.2) is 36.5 Å². The molecule has 1 heterocycles. The van der Waals surface area contributed by atoms with Crippen LogP contribution in [0.5, 0.6) is 0 Å². The first-order valence-corrected chi connectivity index (χ1v) is 17.1. The molecule has 45 heavy (non-hydrogen) atoms. The molecule has 1 aliphatic rings. The number of carbonyl (C=O) groups is 2. The van der Waals surface area contributed by atoms with Crippen LogP contribution in [0.25, 0.3) is 0 Å². The molecule has 0 unspecified atom stereocenters. The maximum Gasteiger partial charge on any atom is 0.306 e. The highest BCUT2D eigenvalue weighted by atomic mass is 16.7. The summed E-state index contributed by atoms with van der Waals surface area (Å²) in [7, 11) is 0. The van der Waals surface area contributed by atoms with E-state index < -0.39 is 55.4 Å². The van der Waals surface area contributed by atoms with Crippen LogP contribution in [-0.2, 0) is 28.5 Å². The number of carbonyl (C=O) groups excluding carboxylic acids is 2. The Morgan fingerprint density at radius 2 is 1.31 bits per heavy atom. The maximum absolute atomic E-state index is 12.6. The second-order valence-corrected chi connectivity index (χ2v) is 11.6. The van der Waals surface area contributed by atoms with E-state index in [9.17, 15) is 30.0 Å². The molecule has 1 saturated heterocycles. The standard InChI is InChI=1S/C35H60O10/c1-3-5-7-9-10-11-12-13-14-15-16-17-18-20-22-24-31(38)44-28(26-42-30(37)23-21-19-8-6-4-2)27-43-35-34(41)33(40)32(39)29(25-36)45-35/h5,7,10-11,13-14,28-29,32-36,39-41H,3-4,6,8-9,12,15-27H2,1-2H3/b7-5+,11-10+,14-13+/t28-,29-,32+,33+,34-,35-/m1/s1. The van der Waals surface area contributed by atoms with Gasteiger partial charge in [-0.2, -0.15) is 0 Å². The van der Waals surface area contributed by atoms with E-state index in [4.69, 9.17) is 18.9 Å². The lowest BCUT2D eigenvalue weighted by Gasteiger charge is -2.39. The lowest BCUT2D eigenvalue weighted by Crippen LogP contribution is -2.59. The van der Waals surface area contributed by atoms with Crippen molar-refractivity contribution < 1.29 is 49.0 Å². The third kappa shape index (κ3) is 19.9. The molecule has 10 heteroatoms. The Balaban J connectivity index is 2.41. The fourth-order valence-electron chi connectivity index (χ4n) is 4.79. The molecule has 1 aliphatic heterocycles. The molecule has 0 aromatic rings. The van der Waals surface area contributed by atoms with Crippen LogP contribution in [0.4, 0.5) is 0 Å². The van der Waals surface area contributed by atoms with Gasteiger partial charge in [0.1, 0.15) is 31.0 Å². The van der Waals surface area contributed by atoms with Gasteiger partial charge in [0.05, 0.1) is 13.2 Å². The topological polar surface area (TPSA) is 152 Å². The number of ether oxygens (including phenoxy) is 4. The Kier molecular flexibility index (Phi) is 24.6. The third-order valence-corrected chi connectivity index (χ3v) is 7.54. The highest BCUT2D eigenvalue weighted by Crippen LogP contribution is 2.22. The van der Waals surface area contributed by atoms with Crippen LogP contribution in [0, 0.1) is 0 Å². The van der Waals surface area contributed by atoms with E-state index in [1.54, 1.807) is 0 Å². The number of allylic oxidation sites excluding steroid dienone is 6. The van der Waals surface area contributed by atoms with E-state index in [1.165, 1.54) is 0 Å². The first kappa shape index (κ1) is 40.9. The Bertz CT molecular complexity index is 840. The van der Waals surface area contributed by atoms with Crippen molar-refractivity contribution >= 4 is 11.9 Å². The number of aliphatic hydroxyl groups excluding tert-OH is 4. The van der Waals surface area contributed by atoms with Gasteiger partial charge in [0.15, 0.2) is 12.4 Å². The number of rotatable bonds is 26. The van der Waals surface area contributed by atoms with Crippen LogP contribution in [0.1, 0.15) is 117 Å². The van der Waals surface area contributed by atoms with E-state index in [0.717, 1.165) is 83.5 Å². The summed E-state index contributed by atoms with van der Waals surface area (Å²) in [5.74, 6) is -0.847. The van der Waals surface area contributed by atoms with Gasteiger partial charge in [-0.05, 0) is 44.9 Å². The highest BCUT2D eigenvalue weighted by molar-refractivity contribution is 5.70. The predicted molar refractivity (Wildman–Crippen MR) is 173 cm³/mol. The predicted octanol–water partition coefficient (Wildman–Crippen LogP) is 5.21. The molecule has 0 spiro atoms. The van der Waals surface area contributed by atoms with Gasteiger partial charge in [0.2, 0.25) is 0 Å². The first-order valence-electron chi connectivity index (χ1n) is 17.1. The molecule has 10 nitrogen and oxygen atoms in total. The normalized spacial score (nSPS) is 22.8. The zero-order valence-corrected chi connectivity index (χ0v) is 27.6. The number of aliphatic hydroxyl groups is 4. The molecule has 1 fully saturated rings. The number of hydrogen-bond acceptors (Lipinski definition) is 10. The lowest BCUT2D eigenvalue weighted by molar-refractivity contribution is -0.305. The molecule has 0 aromatic heterocycles. The van der Waals surface area contributed by atoms with Crippen molar-refractivity contribution in [1.82, 2.24) is 0 Å². The summed E-state index contributed by atoms with van der Waals surface area (Å²) in [6.45, 7) is 3.15. The quantitative estimate of drug-likeness (QED) is 0.0563. The van der Waals surface area contributed by atoms with Gasteiger partial charge in [-0.25, -0.2) is 0 Å². The minimum Gasteiger partial charge on any atom is -0.462 e. The second-order valence-electron chi connectivity index (χ2n) is 11.6. The van der Waals surface area contributed by atoms with Gasteiger partial charge in [0.25, 0.3) is 0 Å². The summed E-state index contributed by atoms with van der Waals surface area (Å²) >= 11 is 0. The van der Waals surface area contributed by atoms with Crippen LogP contribution in [-0.4, -0.2) is 89.0 Å². The SMILES string of the molecule is CC/C=C/C/C=C/C/C=C/CCCCCCCC(=O)O[C@H](COC(=O)CCCCCCC)CO[C@@H]1O[C@H](CO)[C@H](O)[C@H](O)[C@H]1O. The Morgan fingerprint density at radius 1 is 0.711 bits per heavy atom. The van der Waals surface area contributed by atoms with Crippen LogP contribution >= 0.6 is 0 Å². The van der Waals surface area contributed by atoms with Crippen LogP contribution < -0.4 is 0 Å². The lowest BCUT2D eigenvalue weighted by atomic mass is 9.99. The average molecular weight is 641 g/mol. The third-order valence-electron chi connectivity index (χ3n) is 7.54. The van der Waals surface area contributed by atoms with E-state index >= 15 is 0 Å². The molecule has 6 atom stereocenters. The van der Waals surface area contributed by atoms with Crippen molar-refractivity contribution in [2.45, 2.75) is 153 Å². The van der Waals surface area contributed by atoms with Crippen molar-refractivity contribution in [3.63, 3.8) is 0 Å². The summed E-state index contributed by atoms with van der Waals surface area (Å²) in [5, 5.41) is 39.7. The summed E-state index contributed by atoms with van der Waals surface area (Å²) in [6.07, 6.45) is 19.2. The average Bonchev–Trinajstić information content (AvgIpc) is 3.03. The minimum atomic E-state index is -1.59. The fraction of sp³-hybridized carbons (Fsp3) is 0.771.